The molecular formula is C8H17NO3. The molecule has 0 aromatic rings. The van der Waals surface area contributed by atoms with Crippen LogP contribution in [0.15, 0.2) is 0 Å². The monoisotopic (exact) mass is 175 g/mol. The van der Waals surface area contributed by atoms with E-state index in [1.54, 1.807) is 20.8 Å². The minimum Gasteiger partial charge on any atom is -0.465 e. The normalized spacial score (nSPS) is 14.1. The fraction of sp³-hybridized carbons (Fsp3) is 0.875. The van der Waals surface area contributed by atoms with Crippen LogP contribution in [0.1, 0.15) is 20.8 Å². The largest absolute Gasteiger partial charge is 0.465 e. The first-order chi connectivity index (χ1) is 5.45. The van der Waals surface area contributed by atoms with Gasteiger partial charge in [0.25, 0.3) is 0 Å². The quantitative estimate of drug-likeness (QED) is 0.585. The molecule has 0 saturated heterocycles. The molecule has 4 heteroatoms. The molecule has 3 N–H and O–H groups in total. The second-order valence-electron chi connectivity index (χ2n) is 3.38. The molecule has 0 unspecified atom stereocenters. The van der Waals surface area contributed by atoms with E-state index in [0.717, 1.165) is 0 Å². The topological polar surface area (TPSA) is 72.5 Å². The maximum absolute atomic E-state index is 11.1. The molecule has 0 radical (unpaired) electrons. The van der Waals surface area contributed by atoms with E-state index in [0.29, 0.717) is 6.61 Å². The Labute approximate surface area is 72.7 Å². The molecule has 0 aliphatic heterocycles. The van der Waals surface area contributed by atoms with Crippen molar-refractivity contribution >= 4 is 5.97 Å². The highest BCUT2D eigenvalue weighted by Crippen LogP contribution is 2.18. The lowest BCUT2D eigenvalue weighted by molar-refractivity contribution is -0.148. The number of carbonyl (C=O) groups is 1. The van der Waals surface area contributed by atoms with Gasteiger partial charge in [-0.05, 0) is 6.92 Å². The van der Waals surface area contributed by atoms with Crippen LogP contribution in [0.2, 0.25) is 0 Å². The van der Waals surface area contributed by atoms with Crippen molar-refractivity contribution in [2.24, 2.45) is 11.1 Å². The Bertz CT molecular complexity index is 156. The summed E-state index contributed by atoms with van der Waals surface area (Å²) in [6.45, 7) is 5.33. The van der Waals surface area contributed by atoms with Crippen LogP contribution in [-0.2, 0) is 9.53 Å². The number of rotatable bonds is 4. The molecule has 0 saturated carbocycles. The molecule has 0 bridgehead atoms. The molecule has 0 fully saturated rings. The standard InChI is InChI=1S/C8H17NO3/c1-4-12-7(11)6(9)8(2,3)5-10/h6,10H,4-5,9H2,1-3H3/t6-/m1/s1. The summed E-state index contributed by atoms with van der Waals surface area (Å²) in [4.78, 5) is 11.1. The van der Waals surface area contributed by atoms with Crippen LogP contribution in [0.3, 0.4) is 0 Å². The van der Waals surface area contributed by atoms with Gasteiger partial charge in [-0.25, -0.2) is 0 Å². The van der Waals surface area contributed by atoms with E-state index in [4.69, 9.17) is 15.6 Å². The average Bonchev–Trinajstić information content (AvgIpc) is 2.03. The van der Waals surface area contributed by atoms with E-state index >= 15 is 0 Å². The molecule has 4 nitrogen and oxygen atoms in total. The third-order valence-corrected chi connectivity index (χ3v) is 1.79. The maximum Gasteiger partial charge on any atom is 0.323 e. The zero-order valence-corrected chi connectivity index (χ0v) is 7.83. The van der Waals surface area contributed by atoms with E-state index in [1.165, 1.54) is 0 Å². The molecule has 0 aliphatic carbocycles. The Hall–Kier alpha value is -0.610. The summed E-state index contributed by atoms with van der Waals surface area (Å²) in [7, 11) is 0. The van der Waals surface area contributed by atoms with Crippen molar-refractivity contribution in [2.75, 3.05) is 13.2 Å². The Morgan fingerprint density at radius 1 is 1.67 bits per heavy atom. The van der Waals surface area contributed by atoms with Crippen molar-refractivity contribution in [2.45, 2.75) is 26.8 Å². The van der Waals surface area contributed by atoms with Gasteiger partial charge in [-0.1, -0.05) is 13.8 Å². The summed E-state index contributed by atoms with van der Waals surface area (Å²) in [5.74, 6) is -0.462. The number of hydrogen-bond donors (Lipinski definition) is 2. The molecule has 0 heterocycles. The van der Waals surface area contributed by atoms with Crippen LogP contribution in [-0.4, -0.2) is 30.3 Å². The Balaban J connectivity index is 4.17. The average molecular weight is 175 g/mol. The van der Waals surface area contributed by atoms with Gasteiger partial charge in [0.15, 0.2) is 0 Å². The van der Waals surface area contributed by atoms with Crippen molar-refractivity contribution in [3.05, 3.63) is 0 Å². The van der Waals surface area contributed by atoms with Crippen LogP contribution in [0.25, 0.3) is 0 Å². The number of aliphatic hydroxyl groups excluding tert-OH is 1. The van der Waals surface area contributed by atoms with Crippen molar-refractivity contribution in [1.29, 1.82) is 0 Å². The van der Waals surface area contributed by atoms with Gasteiger partial charge in [-0.15, -0.1) is 0 Å². The zero-order chi connectivity index (χ0) is 9.78. The first kappa shape index (κ1) is 11.4. The second kappa shape index (κ2) is 4.42. The smallest absolute Gasteiger partial charge is 0.323 e. The van der Waals surface area contributed by atoms with E-state index in [-0.39, 0.29) is 6.61 Å². The van der Waals surface area contributed by atoms with Crippen LogP contribution in [0.5, 0.6) is 0 Å². The van der Waals surface area contributed by atoms with E-state index in [2.05, 4.69) is 0 Å². The minimum absolute atomic E-state index is 0.132. The Morgan fingerprint density at radius 2 is 2.17 bits per heavy atom. The van der Waals surface area contributed by atoms with Gasteiger partial charge in [0.05, 0.1) is 13.2 Å². The number of aliphatic hydroxyl groups is 1. The zero-order valence-electron chi connectivity index (χ0n) is 7.83. The van der Waals surface area contributed by atoms with Gasteiger partial charge in [0, 0.05) is 5.41 Å². The van der Waals surface area contributed by atoms with E-state index in [9.17, 15) is 4.79 Å². The summed E-state index contributed by atoms with van der Waals surface area (Å²) < 4.78 is 4.72. The molecule has 0 aliphatic rings. The molecule has 72 valence electrons. The minimum atomic E-state index is -0.762. The fourth-order valence-corrected chi connectivity index (χ4v) is 0.649. The molecule has 0 spiro atoms. The summed E-state index contributed by atoms with van der Waals surface area (Å²) in [5.41, 5.74) is 4.94. The molecule has 12 heavy (non-hydrogen) atoms. The van der Waals surface area contributed by atoms with Crippen molar-refractivity contribution in [3.8, 4) is 0 Å². The first-order valence-corrected chi connectivity index (χ1v) is 3.98. The van der Waals surface area contributed by atoms with E-state index < -0.39 is 17.4 Å². The lowest BCUT2D eigenvalue weighted by Gasteiger charge is -2.27. The predicted octanol–water partition coefficient (Wildman–Crippen LogP) is -0.105. The highest BCUT2D eigenvalue weighted by molar-refractivity contribution is 5.76. The maximum atomic E-state index is 11.1. The van der Waals surface area contributed by atoms with Crippen LogP contribution in [0, 0.1) is 5.41 Å². The van der Waals surface area contributed by atoms with Crippen LogP contribution in [0.4, 0.5) is 0 Å². The Morgan fingerprint density at radius 3 is 2.50 bits per heavy atom. The van der Waals surface area contributed by atoms with Gasteiger partial charge in [-0.2, -0.15) is 0 Å². The third kappa shape index (κ3) is 2.79. The third-order valence-electron chi connectivity index (χ3n) is 1.79. The lowest BCUT2D eigenvalue weighted by Crippen LogP contribution is -2.46. The molecule has 0 rings (SSSR count). The summed E-state index contributed by atoms with van der Waals surface area (Å²) in [5, 5.41) is 8.89. The first-order valence-electron chi connectivity index (χ1n) is 3.98. The number of esters is 1. The summed E-state index contributed by atoms with van der Waals surface area (Å²) in [6.07, 6.45) is 0. The SMILES string of the molecule is CCOC(=O)[C@@H](N)C(C)(C)CO. The van der Waals surface area contributed by atoms with Crippen molar-refractivity contribution in [1.82, 2.24) is 0 Å². The highest BCUT2D eigenvalue weighted by Gasteiger charge is 2.32. The van der Waals surface area contributed by atoms with Gasteiger partial charge >= 0.3 is 5.97 Å². The number of hydrogen-bond acceptors (Lipinski definition) is 4. The van der Waals surface area contributed by atoms with Crippen molar-refractivity contribution < 1.29 is 14.6 Å². The fourth-order valence-electron chi connectivity index (χ4n) is 0.649. The lowest BCUT2D eigenvalue weighted by atomic mass is 9.86. The number of ether oxygens (including phenoxy) is 1. The molecule has 0 amide bonds. The van der Waals surface area contributed by atoms with Crippen molar-refractivity contribution in [3.63, 3.8) is 0 Å². The van der Waals surface area contributed by atoms with Crippen LogP contribution < -0.4 is 5.73 Å². The van der Waals surface area contributed by atoms with E-state index in [1.807, 2.05) is 0 Å². The molecular weight excluding hydrogens is 158 g/mol. The van der Waals surface area contributed by atoms with Gasteiger partial charge in [0.2, 0.25) is 0 Å². The molecule has 0 aromatic heterocycles. The second-order valence-corrected chi connectivity index (χ2v) is 3.38. The predicted molar refractivity (Wildman–Crippen MR) is 45.5 cm³/mol. The molecule has 1 atom stereocenters. The number of nitrogens with two attached hydrogens (primary N) is 1. The van der Waals surface area contributed by atoms with Crippen LogP contribution >= 0.6 is 0 Å². The van der Waals surface area contributed by atoms with Gasteiger partial charge in [0.1, 0.15) is 6.04 Å². The number of carbonyl (C=O) groups excluding carboxylic acids is 1. The summed E-state index contributed by atoms with van der Waals surface area (Å²) >= 11 is 0. The van der Waals surface area contributed by atoms with Gasteiger partial charge in [-0.3, -0.25) is 4.79 Å². The molecule has 0 aromatic carbocycles. The highest BCUT2D eigenvalue weighted by atomic mass is 16.5. The van der Waals surface area contributed by atoms with Gasteiger partial charge < -0.3 is 15.6 Å². The summed E-state index contributed by atoms with van der Waals surface area (Å²) in [6, 6.07) is -0.762. The Kier molecular flexibility index (Phi) is 4.20.